The normalized spacial score (nSPS) is 15.0. The third-order valence-corrected chi connectivity index (χ3v) is 6.73. The van der Waals surface area contributed by atoms with Crippen LogP contribution in [0.5, 0.6) is 0 Å². The minimum absolute atomic E-state index is 0.0742. The van der Waals surface area contributed by atoms with Crippen LogP contribution in [0.1, 0.15) is 54.3 Å². The van der Waals surface area contributed by atoms with Crippen LogP contribution in [0.4, 0.5) is 0 Å². The van der Waals surface area contributed by atoms with Crippen molar-refractivity contribution in [3.63, 3.8) is 0 Å². The fourth-order valence-electron chi connectivity index (χ4n) is 4.59. The van der Waals surface area contributed by atoms with Crippen LogP contribution < -0.4 is 5.56 Å². The Labute approximate surface area is 219 Å². The molecule has 0 amide bonds. The smallest absolute Gasteiger partial charge is 0.303 e. The predicted octanol–water partition coefficient (Wildman–Crippen LogP) is 6.01. The summed E-state index contributed by atoms with van der Waals surface area (Å²) in [6.07, 6.45) is 2.10. The van der Waals surface area contributed by atoms with Gasteiger partial charge in [0.2, 0.25) is 0 Å². The summed E-state index contributed by atoms with van der Waals surface area (Å²) in [6, 6.07) is 20.8. The number of rotatable bonds is 8. The van der Waals surface area contributed by atoms with Crippen LogP contribution >= 0.6 is 11.6 Å². The van der Waals surface area contributed by atoms with E-state index in [1.54, 1.807) is 34.9 Å². The molecule has 2 heterocycles. The minimum atomic E-state index is -0.838. The zero-order valence-electron chi connectivity index (χ0n) is 20.4. The lowest BCUT2D eigenvalue weighted by molar-refractivity contribution is -0.137. The fraction of sp³-hybridized carbons (Fsp3) is 0.241. The first kappa shape index (κ1) is 24.7. The number of carboxylic acids is 1. The summed E-state index contributed by atoms with van der Waals surface area (Å²) >= 11 is 6.06. The van der Waals surface area contributed by atoms with Gasteiger partial charge in [-0.25, -0.2) is 4.98 Å². The van der Waals surface area contributed by atoms with E-state index in [9.17, 15) is 9.59 Å². The number of carboxylic acid groups (broad SMARTS) is 1. The van der Waals surface area contributed by atoms with Crippen LogP contribution in [-0.4, -0.2) is 26.3 Å². The second kappa shape index (κ2) is 10.6. The SMILES string of the molecule is Cc1cccc(C2CC(c3ccc4c(=O)n(-c5ccc(Cl)cc5)c(CCCCC(=O)O)nc4c3)=NO2)c1. The highest BCUT2D eigenvalue weighted by Gasteiger charge is 2.24. The summed E-state index contributed by atoms with van der Waals surface area (Å²) in [5.41, 5.74) is 4.95. The number of halogens is 1. The van der Waals surface area contributed by atoms with Crippen LogP contribution in [-0.2, 0) is 16.1 Å². The van der Waals surface area contributed by atoms with Crippen molar-refractivity contribution in [1.29, 1.82) is 0 Å². The van der Waals surface area contributed by atoms with E-state index < -0.39 is 5.97 Å². The predicted molar refractivity (Wildman–Crippen MR) is 144 cm³/mol. The van der Waals surface area contributed by atoms with Crippen LogP contribution in [0, 0.1) is 6.92 Å². The van der Waals surface area contributed by atoms with E-state index in [0.29, 0.717) is 53.1 Å². The third-order valence-electron chi connectivity index (χ3n) is 6.48. The number of fused-ring (bicyclic) bond motifs is 1. The molecule has 1 N–H and O–H groups in total. The number of carbonyl (C=O) groups is 1. The number of nitrogens with zero attached hydrogens (tertiary/aromatic N) is 3. The highest BCUT2D eigenvalue weighted by atomic mass is 35.5. The van der Waals surface area contributed by atoms with Gasteiger partial charge in [0.1, 0.15) is 5.82 Å². The first-order chi connectivity index (χ1) is 17.9. The molecule has 1 aromatic heterocycles. The maximum absolute atomic E-state index is 13.6. The highest BCUT2D eigenvalue weighted by Crippen LogP contribution is 2.30. The molecule has 0 fully saturated rings. The number of hydrogen-bond acceptors (Lipinski definition) is 5. The topological polar surface area (TPSA) is 93.8 Å². The van der Waals surface area contributed by atoms with Crippen LogP contribution in [0.2, 0.25) is 5.02 Å². The Balaban J connectivity index is 1.49. The summed E-state index contributed by atoms with van der Waals surface area (Å²) in [7, 11) is 0. The molecule has 37 heavy (non-hydrogen) atoms. The van der Waals surface area contributed by atoms with Gasteiger partial charge in [0.25, 0.3) is 5.56 Å². The van der Waals surface area contributed by atoms with Gasteiger partial charge in [-0.2, -0.15) is 0 Å². The van der Waals surface area contributed by atoms with Gasteiger partial charge in [-0.1, -0.05) is 52.7 Å². The molecule has 0 radical (unpaired) electrons. The Hall–Kier alpha value is -3.97. The standard InChI is InChI=1S/C29H26ClN3O4/c1-18-5-4-6-20(15-18)26-17-24(32-37-26)19-9-14-23-25(16-19)31-27(7-2-3-8-28(34)35)33(29(23)36)22-12-10-21(30)11-13-22/h4-6,9-16,26H,2-3,7-8,17H2,1H3,(H,34,35). The summed E-state index contributed by atoms with van der Waals surface area (Å²) < 4.78 is 1.59. The van der Waals surface area contributed by atoms with Gasteiger partial charge < -0.3 is 9.94 Å². The first-order valence-corrected chi connectivity index (χ1v) is 12.6. The largest absolute Gasteiger partial charge is 0.481 e. The van der Waals surface area contributed by atoms with Crippen LogP contribution in [0.25, 0.3) is 16.6 Å². The molecule has 4 aromatic rings. The van der Waals surface area contributed by atoms with E-state index >= 15 is 0 Å². The van der Waals surface area contributed by atoms with E-state index in [1.807, 2.05) is 37.3 Å². The van der Waals surface area contributed by atoms with E-state index in [2.05, 4.69) is 11.2 Å². The third kappa shape index (κ3) is 5.42. The molecule has 1 atom stereocenters. The maximum atomic E-state index is 13.6. The van der Waals surface area contributed by atoms with E-state index in [0.717, 1.165) is 22.4 Å². The van der Waals surface area contributed by atoms with Crippen molar-refractivity contribution in [3.8, 4) is 5.69 Å². The van der Waals surface area contributed by atoms with Gasteiger partial charge in [0.05, 0.1) is 22.3 Å². The number of aromatic nitrogens is 2. The number of oxime groups is 1. The second-order valence-electron chi connectivity index (χ2n) is 9.23. The maximum Gasteiger partial charge on any atom is 0.303 e. The quantitative estimate of drug-likeness (QED) is 0.290. The van der Waals surface area contributed by atoms with Gasteiger partial charge in [0.15, 0.2) is 6.10 Å². The van der Waals surface area contributed by atoms with Crippen molar-refractivity contribution in [2.45, 2.75) is 45.1 Å². The molecule has 0 spiro atoms. The molecule has 0 saturated heterocycles. The highest BCUT2D eigenvalue weighted by molar-refractivity contribution is 6.30. The van der Waals surface area contributed by atoms with Crippen LogP contribution in [0.3, 0.4) is 0 Å². The molecule has 1 unspecified atom stereocenters. The molecule has 7 nitrogen and oxygen atoms in total. The molecule has 0 aliphatic carbocycles. The van der Waals surface area contributed by atoms with Gasteiger partial charge in [-0.15, -0.1) is 0 Å². The van der Waals surface area contributed by atoms with Crippen molar-refractivity contribution < 1.29 is 14.7 Å². The molecule has 188 valence electrons. The average Bonchev–Trinajstić information content (AvgIpc) is 3.38. The number of aryl methyl sites for hydroxylation is 2. The van der Waals surface area contributed by atoms with Crippen molar-refractivity contribution in [3.05, 3.63) is 105 Å². The molecule has 5 rings (SSSR count). The Morgan fingerprint density at radius 2 is 1.92 bits per heavy atom. The zero-order chi connectivity index (χ0) is 25.9. The molecule has 0 bridgehead atoms. The fourth-order valence-corrected chi connectivity index (χ4v) is 4.72. The lowest BCUT2D eigenvalue weighted by Crippen LogP contribution is -2.24. The molecular weight excluding hydrogens is 490 g/mol. The van der Waals surface area contributed by atoms with E-state index in [-0.39, 0.29) is 18.1 Å². The van der Waals surface area contributed by atoms with Crippen molar-refractivity contribution in [2.24, 2.45) is 5.16 Å². The summed E-state index contributed by atoms with van der Waals surface area (Å²) in [5.74, 6) is -0.265. The lowest BCUT2D eigenvalue weighted by atomic mass is 9.98. The molecule has 8 heteroatoms. The lowest BCUT2D eigenvalue weighted by Gasteiger charge is -2.14. The Bertz CT molecular complexity index is 1560. The van der Waals surface area contributed by atoms with Crippen LogP contribution in [0.15, 0.2) is 76.7 Å². The molecular formula is C29H26ClN3O4. The van der Waals surface area contributed by atoms with Gasteiger partial charge in [-0.3, -0.25) is 14.2 Å². The van der Waals surface area contributed by atoms with Gasteiger partial charge >= 0.3 is 5.97 Å². The van der Waals surface area contributed by atoms with Crippen molar-refractivity contribution in [1.82, 2.24) is 9.55 Å². The Morgan fingerprint density at radius 3 is 2.68 bits per heavy atom. The van der Waals surface area contributed by atoms with Crippen molar-refractivity contribution in [2.75, 3.05) is 0 Å². The number of hydrogen-bond donors (Lipinski definition) is 1. The number of aliphatic carboxylic acids is 1. The summed E-state index contributed by atoms with van der Waals surface area (Å²) in [5, 5.41) is 14.4. The summed E-state index contributed by atoms with van der Waals surface area (Å²) in [4.78, 5) is 35.2. The molecule has 1 aliphatic rings. The average molecular weight is 516 g/mol. The number of benzene rings is 3. The van der Waals surface area contributed by atoms with Gasteiger partial charge in [-0.05, 0) is 61.7 Å². The monoisotopic (exact) mass is 515 g/mol. The Kier molecular flexibility index (Phi) is 7.06. The minimum Gasteiger partial charge on any atom is -0.481 e. The first-order valence-electron chi connectivity index (χ1n) is 12.2. The van der Waals surface area contributed by atoms with E-state index in [1.165, 1.54) is 0 Å². The molecule has 0 saturated carbocycles. The molecule has 3 aromatic carbocycles. The van der Waals surface area contributed by atoms with Crippen molar-refractivity contribution >= 4 is 34.2 Å². The Morgan fingerprint density at radius 1 is 1.11 bits per heavy atom. The number of unbranched alkanes of at least 4 members (excludes halogenated alkanes) is 1. The van der Waals surface area contributed by atoms with Gasteiger partial charge in [0, 0.05) is 29.8 Å². The molecule has 1 aliphatic heterocycles. The summed E-state index contributed by atoms with van der Waals surface area (Å²) in [6.45, 7) is 2.05. The second-order valence-corrected chi connectivity index (χ2v) is 9.66. The van der Waals surface area contributed by atoms with E-state index in [4.69, 9.17) is 26.5 Å². The zero-order valence-corrected chi connectivity index (χ0v) is 21.1.